The second kappa shape index (κ2) is 2.54. The van der Waals surface area contributed by atoms with Gasteiger partial charge in [0.15, 0.2) is 0 Å². The van der Waals surface area contributed by atoms with Crippen molar-refractivity contribution in [2.75, 3.05) is 0 Å². The van der Waals surface area contributed by atoms with E-state index in [-0.39, 0.29) is 0 Å². The fraction of sp³-hybridized carbons (Fsp3) is 0.200. The summed E-state index contributed by atoms with van der Waals surface area (Å²) in [6.45, 7) is 1.63. The summed E-state index contributed by atoms with van der Waals surface area (Å²) in [5.74, 6) is 0. The standard InChI is InChI=1S/C5H5FN2O2S/c1-4-2-8-5(3-7-4)11(6,9)10/h2-3H,1H3. The van der Waals surface area contributed by atoms with Crippen LogP contribution in [0.5, 0.6) is 0 Å². The van der Waals surface area contributed by atoms with Crippen LogP contribution in [0.3, 0.4) is 0 Å². The molecule has 60 valence electrons. The molecule has 0 fully saturated rings. The molecule has 0 saturated carbocycles. The van der Waals surface area contributed by atoms with Crippen LogP contribution in [0, 0.1) is 6.92 Å². The lowest BCUT2D eigenvalue weighted by Gasteiger charge is -1.92. The Morgan fingerprint density at radius 2 is 2.00 bits per heavy atom. The summed E-state index contributed by atoms with van der Waals surface area (Å²) in [5, 5.41) is -0.650. The molecule has 1 rings (SSSR count). The minimum Gasteiger partial charge on any atom is -0.257 e. The Kier molecular flexibility index (Phi) is 1.86. The quantitative estimate of drug-likeness (QED) is 0.582. The van der Waals surface area contributed by atoms with E-state index >= 15 is 0 Å². The lowest BCUT2D eigenvalue weighted by Crippen LogP contribution is -1.97. The van der Waals surface area contributed by atoms with Crippen molar-refractivity contribution < 1.29 is 12.3 Å². The zero-order chi connectivity index (χ0) is 8.48. The van der Waals surface area contributed by atoms with Crippen LogP contribution < -0.4 is 0 Å². The van der Waals surface area contributed by atoms with E-state index in [0.29, 0.717) is 5.69 Å². The second-order valence-corrected chi connectivity index (χ2v) is 3.23. The average molecular weight is 176 g/mol. The molecule has 0 saturated heterocycles. The van der Waals surface area contributed by atoms with Crippen LogP contribution in [0.1, 0.15) is 5.69 Å². The monoisotopic (exact) mass is 176 g/mol. The Labute approximate surface area is 63.3 Å². The van der Waals surface area contributed by atoms with Gasteiger partial charge in [0.1, 0.15) is 0 Å². The van der Waals surface area contributed by atoms with Gasteiger partial charge in [0.05, 0.1) is 11.9 Å². The molecule has 0 radical (unpaired) electrons. The molecule has 0 aliphatic rings. The molecular formula is C5H5FN2O2S. The van der Waals surface area contributed by atoms with Crippen LogP contribution in [0.25, 0.3) is 0 Å². The smallest absolute Gasteiger partial charge is 0.257 e. The lowest BCUT2D eigenvalue weighted by atomic mass is 10.5. The summed E-state index contributed by atoms with van der Waals surface area (Å²) in [6, 6.07) is 0. The molecule has 0 aliphatic heterocycles. The van der Waals surface area contributed by atoms with E-state index in [9.17, 15) is 12.3 Å². The van der Waals surface area contributed by atoms with Crippen molar-refractivity contribution in [2.45, 2.75) is 11.9 Å². The summed E-state index contributed by atoms with van der Waals surface area (Å²) >= 11 is 0. The van der Waals surface area contributed by atoms with E-state index < -0.39 is 15.2 Å². The third kappa shape index (κ3) is 1.94. The van der Waals surface area contributed by atoms with E-state index in [1.807, 2.05) is 0 Å². The molecule has 1 aromatic heterocycles. The molecule has 0 atom stereocenters. The molecule has 0 spiro atoms. The highest BCUT2D eigenvalue weighted by molar-refractivity contribution is 7.86. The summed E-state index contributed by atoms with van der Waals surface area (Å²) in [6.07, 6.45) is 2.07. The van der Waals surface area contributed by atoms with Crippen molar-refractivity contribution in [1.82, 2.24) is 9.97 Å². The molecule has 0 unspecified atom stereocenters. The predicted molar refractivity (Wildman–Crippen MR) is 35.1 cm³/mol. The lowest BCUT2D eigenvalue weighted by molar-refractivity contribution is 0.547. The Bertz CT molecular complexity index is 345. The molecule has 0 N–H and O–H groups in total. The maximum absolute atomic E-state index is 12.1. The molecule has 0 aliphatic carbocycles. The van der Waals surface area contributed by atoms with Gasteiger partial charge >= 0.3 is 10.2 Å². The molecule has 11 heavy (non-hydrogen) atoms. The van der Waals surface area contributed by atoms with E-state index in [1.54, 1.807) is 6.92 Å². The predicted octanol–water partition coefficient (Wildman–Crippen LogP) is 0.443. The van der Waals surface area contributed by atoms with Crippen LogP contribution in [0.15, 0.2) is 17.4 Å². The number of hydrogen-bond donors (Lipinski definition) is 0. The highest BCUT2D eigenvalue weighted by Crippen LogP contribution is 2.05. The van der Waals surface area contributed by atoms with Crippen molar-refractivity contribution in [1.29, 1.82) is 0 Å². The molecular weight excluding hydrogens is 171 g/mol. The average Bonchev–Trinajstić information content (AvgIpc) is 1.86. The van der Waals surface area contributed by atoms with Crippen molar-refractivity contribution in [2.24, 2.45) is 0 Å². The minimum atomic E-state index is -4.69. The zero-order valence-corrected chi connectivity index (χ0v) is 6.47. The Morgan fingerprint density at radius 3 is 2.36 bits per heavy atom. The third-order valence-corrected chi connectivity index (χ3v) is 1.72. The zero-order valence-electron chi connectivity index (χ0n) is 5.65. The largest absolute Gasteiger partial charge is 0.351 e. The maximum atomic E-state index is 12.1. The first kappa shape index (κ1) is 8.06. The van der Waals surface area contributed by atoms with Gasteiger partial charge in [-0.05, 0) is 6.92 Å². The number of rotatable bonds is 1. The minimum absolute atomic E-state index is 0.539. The summed E-state index contributed by atoms with van der Waals surface area (Å²) in [4.78, 5) is 6.89. The van der Waals surface area contributed by atoms with Crippen LogP contribution >= 0.6 is 0 Å². The summed E-state index contributed by atoms with van der Waals surface area (Å²) in [7, 11) is -4.69. The van der Waals surface area contributed by atoms with Gasteiger partial charge in [-0.25, -0.2) is 4.98 Å². The Balaban J connectivity index is 3.20. The highest BCUT2D eigenvalue weighted by atomic mass is 32.3. The van der Waals surface area contributed by atoms with Crippen LogP contribution in [0.4, 0.5) is 3.89 Å². The van der Waals surface area contributed by atoms with Gasteiger partial charge in [0, 0.05) is 6.20 Å². The number of aryl methyl sites for hydroxylation is 1. The maximum Gasteiger partial charge on any atom is 0.351 e. The third-order valence-electron chi connectivity index (χ3n) is 1.01. The van der Waals surface area contributed by atoms with Crippen molar-refractivity contribution in [3.63, 3.8) is 0 Å². The van der Waals surface area contributed by atoms with Gasteiger partial charge in [-0.3, -0.25) is 4.98 Å². The molecule has 0 aromatic carbocycles. The van der Waals surface area contributed by atoms with E-state index in [1.165, 1.54) is 6.20 Å². The first-order valence-electron chi connectivity index (χ1n) is 2.73. The summed E-state index contributed by atoms with van der Waals surface area (Å²) < 4.78 is 32.5. The van der Waals surface area contributed by atoms with E-state index in [4.69, 9.17) is 0 Å². The van der Waals surface area contributed by atoms with Gasteiger partial charge in [-0.1, -0.05) is 3.89 Å². The molecule has 0 bridgehead atoms. The SMILES string of the molecule is Cc1cnc(S(=O)(=O)F)cn1. The topological polar surface area (TPSA) is 59.9 Å². The normalized spacial score (nSPS) is 11.5. The first-order valence-corrected chi connectivity index (χ1v) is 4.12. The summed E-state index contributed by atoms with van der Waals surface area (Å²) in [5.41, 5.74) is 0.539. The van der Waals surface area contributed by atoms with Crippen molar-refractivity contribution in [3.8, 4) is 0 Å². The Morgan fingerprint density at radius 1 is 1.36 bits per heavy atom. The molecule has 4 nitrogen and oxygen atoms in total. The highest BCUT2D eigenvalue weighted by Gasteiger charge is 2.12. The molecule has 6 heteroatoms. The molecule has 1 heterocycles. The van der Waals surface area contributed by atoms with Gasteiger partial charge in [-0.2, -0.15) is 8.42 Å². The number of nitrogens with zero attached hydrogens (tertiary/aromatic N) is 2. The molecule has 0 amide bonds. The van der Waals surface area contributed by atoms with Crippen molar-refractivity contribution >= 4 is 10.2 Å². The van der Waals surface area contributed by atoms with Gasteiger partial charge < -0.3 is 0 Å². The fourth-order valence-electron chi connectivity index (χ4n) is 0.507. The number of aromatic nitrogens is 2. The molecule has 1 aromatic rings. The first-order chi connectivity index (χ1) is 5.00. The van der Waals surface area contributed by atoms with Gasteiger partial charge in [0.2, 0.25) is 5.03 Å². The number of hydrogen-bond acceptors (Lipinski definition) is 4. The Hall–Kier alpha value is -1.04. The van der Waals surface area contributed by atoms with E-state index in [2.05, 4.69) is 9.97 Å². The van der Waals surface area contributed by atoms with Crippen molar-refractivity contribution in [3.05, 3.63) is 18.1 Å². The van der Waals surface area contributed by atoms with Gasteiger partial charge in [0.25, 0.3) is 0 Å². The van der Waals surface area contributed by atoms with E-state index in [0.717, 1.165) is 6.20 Å². The van der Waals surface area contributed by atoms with Gasteiger partial charge in [-0.15, -0.1) is 0 Å². The van der Waals surface area contributed by atoms with Crippen LogP contribution in [-0.4, -0.2) is 18.4 Å². The van der Waals surface area contributed by atoms with Crippen LogP contribution in [-0.2, 0) is 10.2 Å². The fourth-order valence-corrected chi connectivity index (χ4v) is 0.864. The number of halogens is 1. The second-order valence-electron chi connectivity index (χ2n) is 1.93. The van der Waals surface area contributed by atoms with Crippen LogP contribution in [0.2, 0.25) is 0 Å².